The molecule has 0 aliphatic carbocycles. The molecule has 0 radical (unpaired) electrons. The van der Waals surface area contributed by atoms with Gasteiger partial charge in [-0.2, -0.15) is 0 Å². The van der Waals surface area contributed by atoms with E-state index >= 15 is 0 Å². The molecule has 0 amide bonds. The van der Waals surface area contributed by atoms with Gasteiger partial charge in [0.05, 0.1) is 0 Å². The van der Waals surface area contributed by atoms with Crippen molar-refractivity contribution in [2.24, 2.45) is 0 Å². The van der Waals surface area contributed by atoms with Gasteiger partial charge < -0.3 is 10.3 Å². The molecule has 0 spiro atoms. The van der Waals surface area contributed by atoms with Crippen molar-refractivity contribution in [3.63, 3.8) is 0 Å². The van der Waals surface area contributed by atoms with E-state index in [1.807, 2.05) is 6.92 Å². The van der Waals surface area contributed by atoms with E-state index in [9.17, 15) is 5.21 Å². The Balaban J connectivity index is 2.94. The van der Waals surface area contributed by atoms with Gasteiger partial charge in [-0.1, -0.05) is 78.1 Å². The van der Waals surface area contributed by atoms with Crippen LogP contribution in [-0.4, -0.2) is 18.2 Å². The molecule has 2 nitrogen and oxygen atoms in total. The fraction of sp³-hybridized carbons (Fsp3) is 1.00. The molecule has 0 heterocycles. The highest BCUT2D eigenvalue weighted by atomic mass is 16.5. The Morgan fingerprint density at radius 1 is 0.647 bits per heavy atom. The highest BCUT2D eigenvalue weighted by Crippen LogP contribution is 2.11. The third kappa shape index (κ3) is 13.9. The molecule has 0 aliphatic rings. The molecule has 104 valence electrons. The van der Waals surface area contributed by atoms with Crippen LogP contribution in [0, 0.1) is 5.21 Å². The van der Waals surface area contributed by atoms with E-state index < -0.39 is 0 Å². The van der Waals surface area contributed by atoms with E-state index in [-0.39, 0.29) is 0 Å². The Bertz CT molecular complexity index is 139. The monoisotopic (exact) mass is 242 g/mol. The molecule has 0 aromatic rings. The van der Waals surface area contributed by atoms with E-state index in [4.69, 9.17) is 0 Å². The molecule has 0 saturated heterocycles. The highest BCUT2D eigenvalue weighted by molar-refractivity contribution is 4.54. The van der Waals surface area contributed by atoms with E-state index in [1.54, 1.807) is 0 Å². The van der Waals surface area contributed by atoms with Crippen LogP contribution in [0.4, 0.5) is 0 Å². The third-order valence-electron chi connectivity index (χ3n) is 3.36. The van der Waals surface area contributed by atoms with Crippen LogP contribution in [0.15, 0.2) is 0 Å². The number of unbranched alkanes of at least 4 members (excludes halogenated alkanes) is 10. The maximum Gasteiger partial charge on any atom is -0.0145 e. The van der Waals surface area contributed by atoms with Crippen LogP contribution in [0.25, 0.3) is 0 Å². The van der Waals surface area contributed by atoms with Crippen LogP contribution in [0.1, 0.15) is 84.5 Å². The minimum absolute atomic E-state index is 0.637. The van der Waals surface area contributed by atoms with Crippen molar-refractivity contribution in [1.29, 1.82) is 0 Å². The van der Waals surface area contributed by atoms with Crippen LogP contribution < -0.4 is 0 Å². The zero-order valence-corrected chi connectivity index (χ0v) is 12.0. The van der Waals surface area contributed by atoms with Crippen LogP contribution in [0.5, 0.6) is 0 Å². The Kier molecular flexibility index (Phi) is 13.9. The number of rotatable bonds is 13. The van der Waals surface area contributed by atoms with E-state index in [0.29, 0.717) is 6.54 Å². The number of hydrogen-bond acceptors (Lipinski definition) is 2. The third-order valence-corrected chi connectivity index (χ3v) is 3.36. The molecule has 0 aliphatic heterocycles. The first-order valence-electron chi connectivity index (χ1n) is 7.73. The normalized spacial score (nSPS) is 11.3. The van der Waals surface area contributed by atoms with Crippen molar-refractivity contribution in [1.82, 2.24) is 5.06 Å². The lowest BCUT2D eigenvalue weighted by molar-refractivity contribution is 0.380. The molecule has 2 heteroatoms. The van der Waals surface area contributed by atoms with Crippen molar-refractivity contribution in [3.8, 4) is 0 Å². The first-order chi connectivity index (χ1) is 8.31. The molecular weight excluding hydrogens is 210 g/mol. The summed E-state index contributed by atoms with van der Waals surface area (Å²) < 4.78 is 0. The summed E-state index contributed by atoms with van der Waals surface area (Å²) in [6, 6.07) is 0. The first-order valence-corrected chi connectivity index (χ1v) is 7.73. The average Bonchev–Trinajstić information content (AvgIpc) is 2.35. The van der Waals surface area contributed by atoms with Gasteiger partial charge in [0.2, 0.25) is 0 Å². The van der Waals surface area contributed by atoms with Gasteiger partial charge in [-0.3, -0.25) is 0 Å². The molecule has 0 aromatic carbocycles. The lowest BCUT2D eigenvalue weighted by Crippen LogP contribution is -2.16. The van der Waals surface area contributed by atoms with E-state index in [0.717, 1.165) is 18.0 Å². The van der Waals surface area contributed by atoms with Gasteiger partial charge in [0, 0.05) is 0 Å². The summed E-state index contributed by atoms with van der Waals surface area (Å²) in [7, 11) is 0. The number of hydroxylamine groups is 2. The van der Waals surface area contributed by atoms with Crippen LogP contribution in [0.3, 0.4) is 0 Å². The molecule has 0 atom stereocenters. The lowest BCUT2D eigenvalue weighted by Gasteiger charge is -2.25. The Morgan fingerprint density at radius 2 is 1.06 bits per heavy atom. The number of hydrogen-bond donors (Lipinski definition) is 0. The second kappa shape index (κ2) is 14.0. The highest BCUT2D eigenvalue weighted by Gasteiger charge is 1.93. The molecule has 0 N–H and O–H groups in total. The van der Waals surface area contributed by atoms with Crippen molar-refractivity contribution in [3.05, 3.63) is 5.21 Å². The molecule has 0 aromatic heterocycles. The van der Waals surface area contributed by atoms with E-state index in [2.05, 4.69) is 6.92 Å². The smallest absolute Gasteiger partial charge is 0.0145 e. The molecule has 0 fully saturated rings. The fourth-order valence-corrected chi connectivity index (χ4v) is 2.11. The fourth-order valence-electron chi connectivity index (χ4n) is 2.11. The molecule has 0 rings (SSSR count). The first kappa shape index (κ1) is 16.9. The second-order valence-corrected chi connectivity index (χ2v) is 5.06. The Labute approximate surface area is 108 Å². The molecule has 0 saturated carbocycles. The Morgan fingerprint density at radius 3 is 1.47 bits per heavy atom. The molecular formula is C15H32NO-. The van der Waals surface area contributed by atoms with Crippen LogP contribution >= 0.6 is 0 Å². The predicted octanol–water partition coefficient (Wildman–Crippen LogP) is 5.12. The topological polar surface area (TPSA) is 26.3 Å². The minimum atomic E-state index is 0.637. The van der Waals surface area contributed by atoms with Crippen molar-refractivity contribution < 1.29 is 0 Å². The summed E-state index contributed by atoms with van der Waals surface area (Å²) in [6.07, 6.45) is 14.8. The van der Waals surface area contributed by atoms with Gasteiger partial charge in [-0.25, -0.2) is 0 Å². The quantitative estimate of drug-likeness (QED) is 0.331. The average molecular weight is 242 g/mol. The lowest BCUT2D eigenvalue weighted by atomic mass is 10.1. The van der Waals surface area contributed by atoms with Crippen molar-refractivity contribution in [2.45, 2.75) is 84.5 Å². The summed E-state index contributed by atoms with van der Waals surface area (Å²) in [5.74, 6) is 0. The Hall–Kier alpha value is -0.0800. The van der Waals surface area contributed by atoms with Gasteiger partial charge in [0.15, 0.2) is 0 Å². The van der Waals surface area contributed by atoms with Gasteiger partial charge in [-0.05, 0) is 19.5 Å². The maximum atomic E-state index is 11.0. The largest absolute Gasteiger partial charge is 0.785 e. The molecule has 0 unspecified atom stereocenters. The van der Waals surface area contributed by atoms with E-state index in [1.165, 1.54) is 64.2 Å². The standard InChI is InChI=1S/C15H32NO/c1-3-5-6-7-8-9-10-11-12-13-14-15-16(17)4-2/h3-15H2,1-2H3/q-1. The van der Waals surface area contributed by atoms with Gasteiger partial charge >= 0.3 is 0 Å². The van der Waals surface area contributed by atoms with Gasteiger partial charge in [0.25, 0.3) is 0 Å². The zero-order chi connectivity index (χ0) is 12.8. The predicted molar refractivity (Wildman–Crippen MR) is 77.1 cm³/mol. The van der Waals surface area contributed by atoms with Gasteiger partial charge in [-0.15, -0.1) is 0 Å². The molecule has 17 heavy (non-hydrogen) atoms. The zero-order valence-electron chi connectivity index (χ0n) is 12.0. The summed E-state index contributed by atoms with van der Waals surface area (Å²) in [4.78, 5) is 0. The van der Waals surface area contributed by atoms with Crippen LogP contribution in [0.2, 0.25) is 0 Å². The molecule has 0 bridgehead atoms. The second-order valence-electron chi connectivity index (χ2n) is 5.06. The minimum Gasteiger partial charge on any atom is -0.785 e. The SMILES string of the molecule is CCCCCCCCCCCCCN([O-])CC. The van der Waals surface area contributed by atoms with Crippen molar-refractivity contribution in [2.75, 3.05) is 13.1 Å². The van der Waals surface area contributed by atoms with Crippen LogP contribution in [-0.2, 0) is 0 Å². The number of nitrogens with zero attached hydrogens (tertiary/aromatic N) is 1. The summed E-state index contributed by atoms with van der Waals surface area (Å²) in [5, 5.41) is 12.1. The van der Waals surface area contributed by atoms with Crippen molar-refractivity contribution >= 4 is 0 Å². The van der Waals surface area contributed by atoms with Gasteiger partial charge in [0.1, 0.15) is 0 Å². The summed E-state index contributed by atoms with van der Waals surface area (Å²) in [6.45, 7) is 5.55. The maximum absolute atomic E-state index is 11.0. The summed E-state index contributed by atoms with van der Waals surface area (Å²) in [5.41, 5.74) is 0. The summed E-state index contributed by atoms with van der Waals surface area (Å²) >= 11 is 0.